The summed E-state index contributed by atoms with van der Waals surface area (Å²) in [6.07, 6.45) is 1.91. The molecule has 1 saturated heterocycles. The van der Waals surface area contributed by atoms with Crippen LogP contribution in [-0.2, 0) is 6.54 Å². The Morgan fingerprint density at radius 1 is 1.26 bits per heavy atom. The average Bonchev–Trinajstić information content (AvgIpc) is 2.98. The van der Waals surface area contributed by atoms with Crippen molar-refractivity contribution in [2.75, 3.05) is 39.8 Å². The van der Waals surface area contributed by atoms with E-state index >= 15 is 0 Å². The lowest BCUT2D eigenvalue weighted by Crippen LogP contribution is -2.48. The zero-order chi connectivity index (χ0) is 16.1. The number of aryl methyl sites for hydroxylation is 1. The zero-order valence-corrected chi connectivity index (χ0v) is 14.1. The zero-order valence-electron chi connectivity index (χ0n) is 14.1. The van der Waals surface area contributed by atoms with Crippen LogP contribution in [0.4, 0.5) is 0 Å². The SMILES string of the molecule is Cc1[nH]ncc1CNCCN1CCN(C)C[C@@H]1c1ccccc1. The van der Waals surface area contributed by atoms with Crippen molar-refractivity contribution in [2.24, 2.45) is 0 Å². The van der Waals surface area contributed by atoms with Gasteiger partial charge < -0.3 is 10.2 Å². The Hall–Kier alpha value is -1.69. The van der Waals surface area contributed by atoms with Crippen LogP contribution in [0, 0.1) is 6.92 Å². The third-order valence-corrected chi connectivity index (χ3v) is 4.70. The minimum Gasteiger partial charge on any atom is -0.311 e. The fourth-order valence-corrected chi connectivity index (χ4v) is 3.22. The molecule has 5 heteroatoms. The first-order valence-corrected chi connectivity index (χ1v) is 8.41. The van der Waals surface area contributed by atoms with Crippen molar-refractivity contribution in [3.63, 3.8) is 0 Å². The molecular weight excluding hydrogens is 286 g/mol. The number of aromatic nitrogens is 2. The maximum Gasteiger partial charge on any atom is 0.0535 e. The molecule has 23 heavy (non-hydrogen) atoms. The van der Waals surface area contributed by atoms with E-state index in [1.807, 2.05) is 6.20 Å². The summed E-state index contributed by atoms with van der Waals surface area (Å²) in [5, 5.41) is 10.6. The van der Waals surface area contributed by atoms with Crippen molar-refractivity contribution in [2.45, 2.75) is 19.5 Å². The maximum absolute atomic E-state index is 4.07. The van der Waals surface area contributed by atoms with Crippen molar-refractivity contribution in [1.29, 1.82) is 0 Å². The standard InChI is InChI=1S/C18H27N5/c1-15-17(13-20-21-15)12-19-8-9-23-11-10-22(2)14-18(23)16-6-4-3-5-7-16/h3-7,13,18-19H,8-12,14H2,1-2H3,(H,20,21)/t18-/m1/s1. The molecule has 5 nitrogen and oxygen atoms in total. The quantitative estimate of drug-likeness (QED) is 0.798. The van der Waals surface area contributed by atoms with E-state index < -0.39 is 0 Å². The van der Waals surface area contributed by atoms with E-state index in [4.69, 9.17) is 0 Å². The van der Waals surface area contributed by atoms with E-state index in [0.29, 0.717) is 6.04 Å². The highest BCUT2D eigenvalue weighted by molar-refractivity contribution is 5.20. The minimum atomic E-state index is 0.493. The van der Waals surface area contributed by atoms with Gasteiger partial charge in [-0.05, 0) is 19.5 Å². The van der Waals surface area contributed by atoms with Crippen molar-refractivity contribution < 1.29 is 0 Å². The van der Waals surface area contributed by atoms with Gasteiger partial charge in [-0.25, -0.2) is 0 Å². The highest BCUT2D eigenvalue weighted by atomic mass is 15.3. The first kappa shape index (κ1) is 16.2. The van der Waals surface area contributed by atoms with Gasteiger partial charge in [-0.2, -0.15) is 5.10 Å². The number of hydrogen-bond acceptors (Lipinski definition) is 4. The summed E-state index contributed by atoms with van der Waals surface area (Å²) < 4.78 is 0. The van der Waals surface area contributed by atoms with Crippen LogP contribution in [0.15, 0.2) is 36.5 Å². The van der Waals surface area contributed by atoms with E-state index in [1.54, 1.807) is 0 Å². The molecule has 1 atom stereocenters. The fraction of sp³-hybridized carbons (Fsp3) is 0.500. The van der Waals surface area contributed by atoms with Gasteiger partial charge in [0.2, 0.25) is 0 Å². The molecule has 0 unspecified atom stereocenters. The van der Waals surface area contributed by atoms with E-state index in [-0.39, 0.29) is 0 Å². The second-order valence-corrected chi connectivity index (χ2v) is 6.42. The number of nitrogens with zero attached hydrogens (tertiary/aromatic N) is 3. The Balaban J connectivity index is 1.53. The summed E-state index contributed by atoms with van der Waals surface area (Å²) in [5.41, 5.74) is 3.83. The van der Waals surface area contributed by atoms with Crippen LogP contribution in [0.1, 0.15) is 22.9 Å². The summed E-state index contributed by atoms with van der Waals surface area (Å²) in [6.45, 7) is 8.39. The number of hydrogen-bond donors (Lipinski definition) is 2. The van der Waals surface area contributed by atoms with E-state index in [9.17, 15) is 0 Å². The van der Waals surface area contributed by atoms with Gasteiger partial charge in [-0.3, -0.25) is 10.00 Å². The van der Waals surface area contributed by atoms with Crippen LogP contribution < -0.4 is 5.32 Å². The van der Waals surface area contributed by atoms with Gasteiger partial charge in [0, 0.05) is 56.6 Å². The van der Waals surface area contributed by atoms with E-state index in [1.165, 1.54) is 11.1 Å². The van der Waals surface area contributed by atoms with Gasteiger partial charge in [0.1, 0.15) is 0 Å². The predicted octanol–water partition coefficient (Wildman–Crippen LogP) is 1.80. The second kappa shape index (κ2) is 7.73. The summed E-state index contributed by atoms with van der Waals surface area (Å²) in [5.74, 6) is 0. The van der Waals surface area contributed by atoms with Crippen LogP contribution in [0.2, 0.25) is 0 Å². The van der Waals surface area contributed by atoms with E-state index in [2.05, 4.69) is 69.6 Å². The molecule has 0 amide bonds. The largest absolute Gasteiger partial charge is 0.311 e. The van der Waals surface area contributed by atoms with Crippen molar-refractivity contribution in [3.05, 3.63) is 53.3 Å². The molecule has 3 rings (SSSR count). The fourth-order valence-electron chi connectivity index (χ4n) is 3.22. The highest BCUT2D eigenvalue weighted by Crippen LogP contribution is 2.24. The van der Waals surface area contributed by atoms with Crippen LogP contribution in [0.3, 0.4) is 0 Å². The van der Waals surface area contributed by atoms with Gasteiger partial charge in [0.15, 0.2) is 0 Å². The van der Waals surface area contributed by atoms with Crippen LogP contribution >= 0.6 is 0 Å². The highest BCUT2D eigenvalue weighted by Gasteiger charge is 2.25. The van der Waals surface area contributed by atoms with Crippen LogP contribution in [-0.4, -0.2) is 59.8 Å². The molecule has 0 saturated carbocycles. The Morgan fingerprint density at radius 3 is 2.83 bits per heavy atom. The molecule has 0 spiro atoms. The molecule has 124 valence electrons. The molecule has 1 aliphatic heterocycles. The minimum absolute atomic E-state index is 0.493. The Kier molecular flexibility index (Phi) is 5.43. The number of piperazine rings is 1. The molecule has 0 radical (unpaired) electrons. The summed E-state index contributed by atoms with van der Waals surface area (Å²) >= 11 is 0. The molecule has 0 aliphatic carbocycles. The monoisotopic (exact) mass is 313 g/mol. The first-order chi connectivity index (χ1) is 11.2. The molecule has 1 aromatic carbocycles. The van der Waals surface area contributed by atoms with Crippen LogP contribution in [0.5, 0.6) is 0 Å². The van der Waals surface area contributed by atoms with Gasteiger partial charge in [0.05, 0.1) is 6.20 Å². The van der Waals surface area contributed by atoms with Crippen molar-refractivity contribution in [3.8, 4) is 0 Å². The molecule has 0 bridgehead atoms. The summed E-state index contributed by atoms with van der Waals surface area (Å²) in [7, 11) is 2.22. The molecule has 1 aliphatic rings. The Labute approximate surface area is 138 Å². The Morgan fingerprint density at radius 2 is 2.09 bits per heavy atom. The average molecular weight is 313 g/mol. The lowest BCUT2D eigenvalue weighted by molar-refractivity contribution is 0.0906. The Bertz CT molecular complexity index is 594. The normalized spacial score (nSPS) is 20.0. The topological polar surface area (TPSA) is 47.2 Å². The van der Waals surface area contributed by atoms with Gasteiger partial charge in [0.25, 0.3) is 0 Å². The number of nitrogens with one attached hydrogen (secondary N) is 2. The molecule has 2 aromatic rings. The van der Waals surface area contributed by atoms with Gasteiger partial charge in [-0.1, -0.05) is 30.3 Å². The van der Waals surface area contributed by atoms with Gasteiger partial charge in [-0.15, -0.1) is 0 Å². The lowest BCUT2D eigenvalue weighted by atomic mass is 10.0. The third kappa shape index (κ3) is 4.19. The molecule has 2 N–H and O–H groups in total. The van der Waals surface area contributed by atoms with E-state index in [0.717, 1.165) is 45.0 Å². The maximum atomic E-state index is 4.07. The first-order valence-electron chi connectivity index (χ1n) is 8.41. The molecular formula is C18H27N5. The summed E-state index contributed by atoms with van der Waals surface area (Å²) in [4.78, 5) is 5.03. The number of rotatable bonds is 6. The lowest BCUT2D eigenvalue weighted by Gasteiger charge is -2.40. The second-order valence-electron chi connectivity index (χ2n) is 6.42. The smallest absolute Gasteiger partial charge is 0.0535 e. The van der Waals surface area contributed by atoms with Crippen LogP contribution in [0.25, 0.3) is 0 Å². The van der Waals surface area contributed by atoms with Gasteiger partial charge >= 0.3 is 0 Å². The third-order valence-electron chi connectivity index (χ3n) is 4.70. The van der Waals surface area contributed by atoms with Crippen molar-refractivity contribution >= 4 is 0 Å². The molecule has 2 heterocycles. The number of aromatic amines is 1. The van der Waals surface area contributed by atoms with Crippen molar-refractivity contribution in [1.82, 2.24) is 25.3 Å². The predicted molar refractivity (Wildman–Crippen MR) is 93.3 cm³/mol. The number of benzene rings is 1. The summed E-state index contributed by atoms with van der Waals surface area (Å²) in [6, 6.07) is 11.4. The number of likely N-dealkylation sites (N-methyl/N-ethyl adjacent to an activating group) is 1. The molecule has 1 fully saturated rings. The number of H-pyrrole nitrogens is 1. The molecule has 1 aromatic heterocycles.